The topological polar surface area (TPSA) is 84.0 Å². The van der Waals surface area contributed by atoms with E-state index in [0.29, 0.717) is 12.5 Å². The number of fused-ring (bicyclic) bond motifs is 1. The molecule has 1 saturated carbocycles. The second-order valence-corrected chi connectivity index (χ2v) is 6.74. The van der Waals surface area contributed by atoms with E-state index in [1.807, 2.05) is 31.2 Å². The lowest BCUT2D eigenvalue weighted by Crippen LogP contribution is -2.40. The molecular weight excluding hydrogens is 324 g/mol. The van der Waals surface area contributed by atoms with E-state index in [-0.39, 0.29) is 11.7 Å². The maximum absolute atomic E-state index is 11.9. The highest BCUT2D eigenvalue weighted by molar-refractivity contribution is 8.00. The number of nitrogens with one attached hydrogen (secondary N) is 2. The average molecular weight is 344 g/mol. The summed E-state index contributed by atoms with van der Waals surface area (Å²) in [6, 6.07) is 7.36. The van der Waals surface area contributed by atoms with Gasteiger partial charge >= 0.3 is 6.03 Å². The molecule has 7 heteroatoms. The van der Waals surface area contributed by atoms with Gasteiger partial charge < -0.3 is 5.32 Å². The SMILES string of the molecule is CCCNC(=O)NC(=O)CSc1nc(C2CC2)nc2ccccc12. The number of imide groups is 1. The predicted molar refractivity (Wildman–Crippen MR) is 94.1 cm³/mol. The highest BCUT2D eigenvalue weighted by atomic mass is 32.2. The molecule has 24 heavy (non-hydrogen) atoms. The quantitative estimate of drug-likeness (QED) is 0.622. The molecule has 3 amide bonds. The number of nitrogens with zero attached hydrogens (tertiary/aromatic N) is 2. The number of carbonyl (C=O) groups excluding carboxylic acids is 2. The maximum Gasteiger partial charge on any atom is 0.321 e. The molecule has 0 saturated heterocycles. The van der Waals surface area contributed by atoms with Crippen LogP contribution in [0.2, 0.25) is 0 Å². The van der Waals surface area contributed by atoms with Gasteiger partial charge in [0.15, 0.2) is 0 Å². The molecule has 6 nitrogen and oxygen atoms in total. The van der Waals surface area contributed by atoms with Crippen LogP contribution in [0.5, 0.6) is 0 Å². The van der Waals surface area contributed by atoms with Crippen LogP contribution in [-0.4, -0.2) is 34.2 Å². The fraction of sp³-hybridized carbons (Fsp3) is 0.412. The smallest absolute Gasteiger partial charge is 0.321 e. The molecule has 1 aliphatic carbocycles. The molecule has 0 spiro atoms. The lowest BCUT2D eigenvalue weighted by molar-refractivity contribution is -0.117. The van der Waals surface area contributed by atoms with E-state index >= 15 is 0 Å². The number of thioether (sulfide) groups is 1. The number of para-hydroxylation sites is 1. The lowest BCUT2D eigenvalue weighted by atomic mass is 10.2. The minimum atomic E-state index is -0.450. The van der Waals surface area contributed by atoms with E-state index in [0.717, 1.165) is 41.0 Å². The lowest BCUT2D eigenvalue weighted by Gasteiger charge is -2.08. The van der Waals surface area contributed by atoms with Crippen LogP contribution in [0.4, 0.5) is 4.79 Å². The van der Waals surface area contributed by atoms with Gasteiger partial charge in [0.2, 0.25) is 5.91 Å². The van der Waals surface area contributed by atoms with Crippen LogP contribution in [0.15, 0.2) is 29.3 Å². The Labute approximate surface area is 144 Å². The fourth-order valence-corrected chi connectivity index (χ4v) is 3.10. The predicted octanol–water partition coefficient (Wildman–Crippen LogP) is 2.84. The molecule has 0 aliphatic heterocycles. The standard InChI is InChI=1S/C17H20N4O2S/c1-2-9-18-17(23)20-14(22)10-24-16-12-5-3-4-6-13(12)19-15(21-16)11-7-8-11/h3-6,11H,2,7-10H2,1H3,(H2,18,20,22,23). The van der Waals surface area contributed by atoms with E-state index in [1.165, 1.54) is 11.8 Å². The zero-order valence-electron chi connectivity index (χ0n) is 13.5. The monoisotopic (exact) mass is 344 g/mol. The van der Waals surface area contributed by atoms with Gasteiger partial charge in [0, 0.05) is 17.8 Å². The molecule has 2 N–H and O–H groups in total. The van der Waals surface area contributed by atoms with Crippen molar-refractivity contribution in [3.63, 3.8) is 0 Å². The summed E-state index contributed by atoms with van der Waals surface area (Å²) < 4.78 is 0. The minimum absolute atomic E-state index is 0.144. The molecule has 1 aliphatic rings. The number of aromatic nitrogens is 2. The highest BCUT2D eigenvalue weighted by Crippen LogP contribution is 2.39. The zero-order chi connectivity index (χ0) is 16.9. The summed E-state index contributed by atoms with van der Waals surface area (Å²) in [4.78, 5) is 32.7. The summed E-state index contributed by atoms with van der Waals surface area (Å²) in [5.74, 6) is 1.12. The molecule has 0 radical (unpaired) electrons. The molecular formula is C17H20N4O2S. The molecule has 3 rings (SSSR count). The Morgan fingerprint density at radius 1 is 1.25 bits per heavy atom. The normalized spacial score (nSPS) is 13.7. The molecule has 0 atom stereocenters. The summed E-state index contributed by atoms with van der Waals surface area (Å²) in [6.45, 7) is 2.50. The van der Waals surface area contributed by atoms with Gasteiger partial charge in [-0.15, -0.1) is 0 Å². The van der Waals surface area contributed by atoms with Gasteiger partial charge in [-0.25, -0.2) is 14.8 Å². The number of urea groups is 1. The van der Waals surface area contributed by atoms with Gasteiger partial charge in [-0.05, 0) is 25.3 Å². The first-order chi connectivity index (χ1) is 11.7. The van der Waals surface area contributed by atoms with Crippen LogP contribution in [-0.2, 0) is 4.79 Å². The second kappa shape index (κ2) is 7.61. The van der Waals surface area contributed by atoms with E-state index < -0.39 is 6.03 Å². The Hall–Kier alpha value is -2.15. The molecule has 0 unspecified atom stereocenters. The van der Waals surface area contributed by atoms with Crippen LogP contribution >= 0.6 is 11.8 Å². The number of hydrogen-bond donors (Lipinski definition) is 2. The number of benzene rings is 1. The molecule has 1 aromatic heterocycles. The average Bonchev–Trinajstić information content (AvgIpc) is 3.42. The van der Waals surface area contributed by atoms with Crippen molar-refractivity contribution in [2.75, 3.05) is 12.3 Å². The van der Waals surface area contributed by atoms with Crippen molar-refractivity contribution in [2.24, 2.45) is 0 Å². The number of rotatable bonds is 6. The Morgan fingerprint density at radius 2 is 2.04 bits per heavy atom. The molecule has 0 bridgehead atoms. The molecule has 2 aromatic rings. The van der Waals surface area contributed by atoms with Crippen molar-refractivity contribution < 1.29 is 9.59 Å². The number of hydrogen-bond acceptors (Lipinski definition) is 5. The fourth-order valence-electron chi connectivity index (χ4n) is 2.28. The summed E-state index contributed by atoms with van der Waals surface area (Å²) in [6.07, 6.45) is 3.08. The Bertz CT molecular complexity index is 761. The molecule has 126 valence electrons. The first-order valence-corrected chi connectivity index (χ1v) is 9.13. The Balaban J connectivity index is 1.68. The third-order valence-corrected chi connectivity index (χ3v) is 4.65. The van der Waals surface area contributed by atoms with Crippen LogP contribution in [0.1, 0.15) is 37.9 Å². The molecule has 1 fully saturated rings. The maximum atomic E-state index is 11.9. The van der Waals surface area contributed by atoms with Crippen LogP contribution in [0, 0.1) is 0 Å². The van der Waals surface area contributed by atoms with Gasteiger partial charge in [0.05, 0.1) is 11.3 Å². The van der Waals surface area contributed by atoms with E-state index in [1.54, 1.807) is 0 Å². The largest absolute Gasteiger partial charge is 0.338 e. The van der Waals surface area contributed by atoms with Gasteiger partial charge in [-0.3, -0.25) is 10.1 Å². The van der Waals surface area contributed by atoms with Gasteiger partial charge in [-0.2, -0.15) is 0 Å². The van der Waals surface area contributed by atoms with Gasteiger partial charge in [-0.1, -0.05) is 36.9 Å². The van der Waals surface area contributed by atoms with Crippen molar-refractivity contribution in [1.29, 1.82) is 0 Å². The van der Waals surface area contributed by atoms with E-state index in [2.05, 4.69) is 20.6 Å². The van der Waals surface area contributed by atoms with Crippen molar-refractivity contribution in [2.45, 2.75) is 37.1 Å². The van der Waals surface area contributed by atoms with Crippen molar-refractivity contribution in [3.8, 4) is 0 Å². The summed E-state index contributed by atoms with van der Waals surface area (Å²) in [5, 5.41) is 6.68. The number of carbonyl (C=O) groups is 2. The Morgan fingerprint density at radius 3 is 2.79 bits per heavy atom. The van der Waals surface area contributed by atoms with Gasteiger partial charge in [0.25, 0.3) is 0 Å². The van der Waals surface area contributed by atoms with Crippen molar-refractivity contribution in [1.82, 2.24) is 20.6 Å². The van der Waals surface area contributed by atoms with Crippen molar-refractivity contribution >= 4 is 34.6 Å². The molecule has 1 heterocycles. The summed E-state index contributed by atoms with van der Waals surface area (Å²) >= 11 is 1.34. The highest BCUT2D eigenvalue weighted by Gasteiger charge is 2.27. The van der Waals surface area contributed by atoms with Crippen LogP contribution in [0.3, 0.4) is 0 Å². The number of amides is 3. The summed E-state index contributed by atoms with van der Waals surface area (Å²) in [5.41, 5.74) is 0.901. The van der Waals surface area contributed by atoms with Gasteiger partial charge in [0.1, 0.15) is 10.9 Å². The molecule has 1 aromatic carbocycles. The second-order valence-electron chi connectivity index (χ2n) is 5.77. The summed E-state index contributed by atoms with van der Waals surface area (Å²) in [7, 11) is 0. The Kier molecular flexibility index (Phi) is 5.30. The van der Waals surface area contributed by atoms with Crippen molar-refractivity contribution in [3.05, 3.63) is 30.1 Å². The minimum Gasteiger partial charge on any atom is -0.338 e. The van der Waals surface area contributed by atoms with Crippen LogP contribution < -0.4 is 10.6 Å². The third-order valence-electron chi connectivity index (χ3n) is 3.66. The van der Waals surface area contributed by atoms with E-state index in [9.17, 15) is 9.59 Å². The van der Waals surface area contributed by atoms with E-state index in [4.69, 9.17) is 0 Å². The van der Waals surface area contributed by atoms with Crippen LogP contribution in [0.25, 0.3) is 10.9 Å². The first kappa shape index (κ1) is 16.7. The third kappa shape index (κ3) is 4.23. The zero-order valence-corrected chi connectivity index (χ0v) is 14.4. The first-order valence-electron chi connectivity index (χ1n) is 8.14.